The smallest absolute Gasteiger partial charge is 0.339 e. The molecule has 1 aromatic heterocycles. The fraction of sp³-hybridized carbons (Fsp3) is 0.105. The van der Waals surface area contributed by atoms with Crippen LogP contribution in [0.2, 0.25) is 0 Å². The van der Waals surface area contributed by atoms with Gasteiger partial charge < -0.3 is 10.1 Å². The second-order valence-electron chi connectivity index (χ2n) is 5.47. The summed E-state index contributed by atoms with van der Waals surface area (Å²) >= 11 is 0. The standard InChI is InChI=1S/C19H17N3O3/c1-22-18(13-8-4-3-5-9-13)16(23)12-17(21-22)20-15-11-7-6-10-14(15)19(24)25-2/h3-12H,1-2H3,(H-,20,21,23,24)/p+1. The van der Waals surface area contributed by atoms with E-state index in [1.54, 1.807) is 36.0 Å². The number of para-hydroxylation sites is 1. The minimum absolute atomic E-state index is 0.134. The van der Waals surface area contributed by atoms with E-state index in [0.717, 1.165) is 5.56 Å². The summed E-state index contributed by atoms with van der Waals surface area (Å²) in [5, 5.41) is 6.17. The zero-order chi connectivity index (χ0) is 17.8. The highest BCUT2D eigenvalue weighted by Gasteiger charge is 2.18. The van der Waals surface area contributed by atoms with Crippen molar-refractivity contribution in [1.29, 1.82) is 0 Å². The SMILES string of the molecule is COC(=O)c1ccccc1Nc1cc(=O)c(-c2ccccc2)[n+](C)[nH]1. The number of nitrogens with one attached hydrogen (secondary N) is 2. The third kappa shape index (κ3) is 3.42. The number of esters is 1. The largest absolute Gasteiger partial charge is 0.465 e. The predicted molar refractivity (Wildman–Crippen MR) is 94.7 cm³/mol. The number of carbonyl (C=O) groups excluding carboxylic acids is 1. The Morgan fingerprint density at radius 1 is 1.08 bits per heavy atom. The van der Waals surface area contributed by atoms with Gasteiger partial charge in [-0.25, -0.2) is 4.79 Å². The van der Waals surface area contributed by atoms with Crippen molar-refractivity contribution in [2.45, 2.75) is 0 Å². The zero-order valence-electron chi connectivity index (χ0n) is 13.9. The summed E-state index contributed by atoms with van der Waals surface area (Å²) in [6.45, 7) is 0. The quantitative estimate of drug-likeness (QED) is 0.567. The van der Waals surface area contributed by atoms with Gasteiger partial charge in [0, 0.05) is 6.07 Å². The summed E-state index contributed by atoms with van der Waals surface area (Å²) in [6.07, 6.45) is 0. The van der Waals surface area contributed by atoms with E-state index >= 15 is 0 Å². The molecule has 0 fully saturated rings. The van der Waals surface area contributed by atoms with Gasteiger partial charge in [0.2, 0.25) is 0 Å². The number of carbonyl (C=O) groups is 1. The average Bonchev–Trinajstić information content (AvgIpc) is 2.62. The summed E-state index contributed by atoms with van der Waals surface area (Å²) in [4.78, 5) is 24.4. The first-order chi connectivity index (χ1) is 12.1. The monoisotopic (exact) mass is 336 g/mol. The van der Waals surface area contributed by atoms with Crippen LogP contribution >= 0.6 is 0 Å². The number of ether oxygens (including phenoxy) is 1. The van der Waals surface area contributed by atoms with E-state index in [-0.39, 0.29) is 5.43 Å². The van der Waals surface area contributed by atoms with Gasteiger partial charge in [-0.1, -0.05) is 30.3 Å². The second kappa shape index (κ2) is 7.00. The van der Waals surface area contributed by atoms with E-state index < -0.39 is 5.97 Å². The third-order valence-electron chi connectivity index (χ3n) is 3.78. The van der Waals surface area contributed by atoms with E-state index in [1.807, 2.05) is 30.3 Å². The summed E-state index contributed by atoms with van der Waals surface area (Å²) < 4.78 is 6.44. The number of aromatic nitrogens is 2. The van der Waals surface area contributed by atoms with Gasteiger partial charge in [0.05, 0.1) is 23.9 Å². The third-order valence-corrected chi connectivity index (χ3v) is 3.78. The summed E-state index contributed by atoms with van der Waals surface area (Å²) in [5.74, 6) is 0.0271. The van der Waals surface area contributed by atoms with Crippen LogP contribution in [0.4, 0.5) is 11.5 Å². The Hall–Kier alpha value is -3.41. The van der Waals surface area contributed by atoms with Crippen molar-refractivity contribution in [3.63, 3.8) is 0 Å². The van der Waals surface area contributed by atoms with E-state index in [1.165, 1.54) is 13.2 Å². The van der Waals surface area contributed by atoms with Gasteiger partial charge in [0.25, 0.3) is 11.1 Å². The van der Waals surface area contributed by atoms with Crippen molar-refractivity contribution in [1.82, 2.24) is 5.10 Å². The van der Waals surface area contributed by atoms with Gasteiger partial charge in [-0.15, -0.1) is 9.78 Å². The fourth-order valence-electron chi connectivity index (χ4n) is 2.65. The number of hydrogen-bond acceptors (Lipinski definition) is 4. The fourth-order valence-corrected chi connectivity index (χ4v) is 2.65. The molecule has 0 atom stereocenters. The second-order valence-corrected chi connectivity index (χ2v) is 5.47. The molecule has 0 aliphatic carbocycles. The molecule has 6 nitrogen and oxygen atoms in total. The first-order valence-corrected chi connectivity index (χ1v) is 7.73. The molecule has 0 unspecified atom stereocenters. The number of aryl methyl sites for hydroxylation is 1. The summed E-state index contributed by atoms with van der Waals surface area (Å²) in [5.41, 5.74) is 2.18. The van der Waals surface area contributed by atoms with Crippen molar-refractivity contribution in [3.8, 4) is 11.3 Å². The molecule has 3 aromatic rings. The number of rotatable bonds is 4. The highest BCUT2D eigenvalue weighted by atomic mass is 16.5. The lowest BCUT2D eigenvalue weighted by Gasteiger charge is -2.10. The molecule has 1 heterocycles. The Balaban J connectivity index is 1.99. The van der Waals surface area contributed by atoms with Crippen LogP contribution in [0.5, 0.6) is 0 Å². The van der Waals surface area contributed by atoms with Crippen LogP contribution in [0.3, 0.4) is 0 Å². The van der Waals surface area contributed by atoms with Gasteiger partial charge in [0.1, 0.15) is 0 Å². The van der Waals surface area contributed by atoms with Gasteiger partial charge >= 0.3 is 5.97 Å². The normalized spacial score (nSPS) is 10.3. The number of benzene rings is 2. The maximum absolute atomic E-state index is 12.6. The van der Waals surface area contributed by atoms with Crippen LogP contribution in [0.25, 0.3) is 11.3 Å². The van der Waals surface area contributed by atoms with Crippen LogP contribution < -0.4 is 15.4 Å². The molecule has 2 N–H and O–H groups in total. The number of nitrogens with zero attached hydrogens (tertiary/aromatic N) is 1. The van der Waals surface area contributed by atoms with Gasteiger partial charge in [-0.05, 0) is 24.3 Å². The minimum atomic E-state index is -0.448. The first kappa shape index (κ1) is 16.4. The van der Waals surface area contributed by atoms with Gasteiger partial charge in [0.15, 0.2) is 12.9 Å². The number of aromatic amines is 1. The van der Waals surface area contributed by atoms with Crippen LogP contribution in [-0.4, -0.2) is 18.2 Å². The van der Waals surface area contributed by atoms with E-state index in [0.29, 0.717) is 22.8 Å². The number of methoxy groups -OCH3 is 1. The van der Waals surface area contributed by atoms with Crippen molar-refractivity contribution >= 4 is 17.5 Å². The number of hydrogen-bond donors (Lipinski definition) is 2. The Morgan fingerprint density at radius 2 is 1.76 bits per heavy atom. The van der Waals surface area contributed by atoms with Crippen molar-refractivity contribution in [2.75, 3.05) is 12.4 Å². The molecule has 3 rings (SSSR count). The molecule has 25 heavy (non-hydrogen) atoms. The Morgan fingerprint density at radius 3 is 2.44 bits per heavy atom. The molecule has 0 bridgehead atoms. The van der Waals surface area contributed by atoms with Gasteiger partial charge in [-0.3, -0.25) is 4.79 Å². The Kier molecular flexibility index (Phi) is 4.61. The number of anilines is 2. The maximum atomic E-state index is 12.6. The summed E-state index contributed by atoms with van der Waals surface area (Å²) in [6, 6.07) is 17.8. The van der Waals surface area contributed by atoms with Crippen LogP contribution in [0.15, 0.2) is 65.5 Å². The molecule has 0 amide bonds. The van der Waals surface area contributed by atoms with Crippen LogP contribution in [0, 0.1) is 0 Å². The molecule has 0 spiro atoms. The zero-order valence-corrected chi connectivity index (χ0v) is 13.9. The predicted octanol–water partition coefficient (Wildman–Crippen LogP) is 2.40. The minimum Gasteiger partial charge on any atom is -0.465 e. The molecule has 126 valence electrons. The van der Waals surface area contributed by atoms with Crippen LogP contribution in [-0.2, 0) is 11.8 Å². The molecular weight excluding hydrogens is 318 g/mol. The Labute approximate surface area is 144 Å². The molecule has 0 aliphatic rings. The summed E-state index contributed by atoms with van der Waals surface area (Å²) in [7, 11) is 3.09. The van der Waals surface area contributed by atoms with E-state index in [2.05, 4.69) is 10.4 Å². The van der Waals surface area contributed by atoms with E-state index in [4.69, 9.17) is 4.74 Å². The Bertz CT molecular complexity index is 965. The van der Waals surface area contributed by atoms with E-state index in [9.17, 15) is 9.59 Å². The molecule has 0 saturated heterocycles. The molecule has 0 radical (unpaired) electrons. The van der Waals surface area contributed by atoms with Gasteiger partial charge in [-0.2, -0.15) is 0 Å². The van der Waals surface area contributed by atoms with Crippen molar-refractivity contribution in [3.05, 3.63) is 76.5 Å². The first-order valence-electron chi connectivity index (χ1n) is 7.73. The van der Waals surface area contributed by atoms with Crippen LogP contribution in [0.1, 0.15) is 10.4 Å². The lowest BCUT2D eigenvalue weighted by Crippen LogP contribution is -2.41. The molecule has 2 aromatic carbocycles. The molecule has 6 heteroatoms. The molecule has 0 aliphatic heterocycles. The lowest BCUT2D eigenvalue weighted by atomic mass is 10.1. The highest BCUT2D eigenvalue weighted by molar-refractivity contribution is 5.96. The molecule has 0 saturated carbocycles. The topological polar surface area (TPSA) is 75.1 Å². The maximum Gasteiger partial charge on any atom is 0.339 e. The van der Waals surface area contributed by atoms with Crippen molar-refractivity contribution < 1.29 is 14.2 Å². The lowest BCUT2D eigenvalue weighted by molar-refractivity contribution is -0.719. The number of H-pyrrole nitrogens is 1. The van der Waals surface area contributed by atoms with Crippen molar-refractivity contribution in [2.24, 2.45) is 7.05 Å². The molecular formula is C19H18N3O3+. The average molecular weight is 336 g/mol. The highest BCUT2D eigenvalue weighted by Crippen LogP contribution is 2.20.